The number of quaternary nitrogens is 1. The molecule has 1 aromatic heterocycles. The molecule has 1 atom stereocenters. The Hall–Kier alpha value is -2.30. The molecule has 2 aromatic carbocycles. The summed E-state index contributed by atoms with van der Waals surface area (Å²) in [5.74, 6) is 0.156. The van der Waals surface area contributed by atoms with Crippen molar-refractivity contribution in [3.8, 4) is 5.75 Å². The number of phenols is 1. The van der Waals surface area contributed by atoms with Gasteiger partial charge in [0, 0.05) is 33.7 Å². The maximum absolute atomic E-state index is 11.9. The second kappa shape index (κ2) is 7.30. The molecule has 0 unspecified atom stereocenters. The Morgan fingerprint density at radius 3 is 2.68 bits per heavy atom. The quantitative estimate of drug-likeness (QED) is 0.685. The third kappa shape index (κ3) is 3.70. The van der Waals surface area contributed by atoms with E-state index in [1.165, 1.54) is 12.1 Å². The molecule has 0 fully saturated rings. The fourth-order valence-electron chi connectivity index (χ4n) is 3.03. The summed E-state index contributed by atoms with van der Waals surface area (Å²) in [6.07, 6.45) is 0.708. The zero-order valence-corrected chi connectivity index (χ0v) is 15.0. The van der Waals surface area contributed by atoms with E-state index in [0.717, 1.165) is 27.1 Å². The Bertz CT molecular complexity index is 965. The van der Waals surface area contributed by atoms with Gasteiger partial charge >= 0.3 is 5.63 Å². The van der Waals surface area contributed by atoms with Crippen LogP contribution in [-0.4, -0.2) is 5.11 Å². The second-order valence-electron chi connectivity index (χ2n) is 6.17. The molecule has 5 heteroatoms. The predicted molar refractivity (Wildman–Crippen MR) is 99.0 cm³/mol. The van der Waals surface area contributed by atoms with Crippen LogP contribution in [0.25, 0.3) is 11.0 Å². The van der Waals surface area contributed by atoms with Gasteiger partial charge in [-0.1, -0.05) is 36.7 Å². The monoisotopic (exact) mass is 358 g/mol. The Morgan fingerprint density at radius 2 is 1.96 bits per heavy atom. The van der Waals surface area contributed by atoms with Crippen molar-refractivity contribution in [2.24, 2.45) is 0 Å². The minimum atomic E-state index is -0.412. The van der Waals surface area contributed by atoms with Crippen molar-refractivity contribution in [1.82, 2.24) is 0 Å². The summed E-state index contributed by atoms with van der Waals surface area (Å²) in [4.78, 5) is 11.9. The van der Waals surface area contributed by atoms with Crippen molar-refractivity contribution in [2.75, 3.05) is 0 Å². The van der Waals surface area contributed by atoms with E-state index in [4.69, 9.17) is 16.0 Å². The van der Waals surface area contributed by atoms with Crippen molar-refractivity contribution in [3.05, 3.63) is 74.6 Å². The average molecular weight is 359 g/mol. The molecule has 0 aliphatic carbocycles. The molecule has 0 aliphatic heterocycles. The molecule has 4 nitrogen and oxygen atoms in total. The van der Waals surface area contributed by atoms with Gasteiger partial charge < -0.3 is 14.8 Å². The molecule has 0 saturated carbocycles. The number of aryl methyl sites for hydroxylation is 1. The van der Waals surface area contributed by atoms with Gasteiger partial charge in [-0.05, 0) is 31.0 Å². The summed E-state index contributed by atoms with van der Waals surface area (Å²) in [6, 6.07) is 12.9. The minimum absolute atomic E-state index is 0.152. The highest BCUT2D eigenvalue weighted by Gasteiger charge is 2.15. The van der Waals surface area contributed by atoms with E-state index in [9.17, 15) is 9.90 Å². The van der Waals surface area contributed by atoms with E-state index in [-0.39, 0.29) is 11.8 Å². The van der Waals surface area contributed by atoms with Crippen LogP contribution >= 0.6 is 11.6 Å². The molecule has 3 N–H and O–H groups in total. The fourth-order valence-corrected chi connectivity index (χ4v) is 3.34. The topological polar surface area (TPSA) is 67.0 Å². The first-order valence-electron chi connectivity index (χ1n) is 8.36. The summed E-state index contributed by atoms with van der Waals surface area (Å²) < 4.78 is 5.24. The molecule has 1 heterocycles. The first kappa shape index (κ1) is 17.5. The van der Waals surface area contributed by atoms with E-state index in [1.54, 1.807) is 0 Å². The maximum atomic E-state index is 11.9. The highest BCUT2D eigenvalue weighted by Crippen LogP contribution is 2.27. The first-order valence-corrected chi connectivity index (χ1v) is 8.73. The molecule has 0 saturated heterocycles. The van der Waals surface area contributed by atoms with Crippen LogP contribution in [0.2, 0.25) is 5.02 Å². The molecular formula is C20H21ClNO3+. The lowest BCUT2D eigenvalue weighted by Gasteiger charge is -2.14. The SMILES string of the molecule is CCc1cc2c(C[NH2+][C@H](C)c3ccccc3Cl)cc(=O)oc2cc1O. The highest BCUT2D eigenvalue weighted by atomic mass is 35.5. The molecule has 0 spiro atoms. The van der Waals surface area contributed by atoms with E-state index >= 15 is 0 Å². The van der Waals surface area contributed by atoms with Gasteiger partial charge in [-0.25, -0.2) is 4.79 Å². The van der Waals surface area contributed by atoms with Crippen molar-refractivity contribution in [3.63, 3.8) is 0 Å². The van der Waals surface area contributed by atoms with E-state index in [0.29, 0.717) is 18.5 Å². The Labute approximate surface area is 151 Å². The Morgan fingerprint density at radius 1 is 1.20 bits per heavy atom. The lowest BCUT2D eigenvalue weighted by Crippen LogP contribution is -2.83. The van der Waals surface area contributed by atoms with Crippen LogP contribution in [0.4, 0.5) is 0 Å². The number of rotatable bonds is 5. The lowest BCUT2D eigenvalue weighted by atomic mass is 10.0. The number of halogens is 1. The largest absolute Gasteiger partial charge is 0.508 e. The van der Waals surface area contributed by atoms with E-state index in [1.807, 2.05) is 37.3 Å². The molecule has 130 valence electrons. The zero-order chi connectivity index (χ0) is 18.0. The van der Waals surface area contributed by atoms with Crippen LogP contribution in [0.15, 0.2) is 51.7 Å². The van der Waals surface area contributed by atoms with Crippen molar-refractivity contribution in [1.29, 1.82) is 0 Å². The predicted octanol–water partition coefficient (Wildman–Crippen LogP) is 3.54. The standard InChI is InChI=1S/C20H20ClNO3/c1-3-13-8-16-14(9-20(24)25-19(16)10-18(13)23)11-22-12(2)15-6-4-5-7-17(15)21/h4-10,12,22-23H,3,11H2,1-2H3/p+1/t12-/m1/s1. The fraction of sp³-hybridized carbons (Fsp3) is 0.250. The molecular weight excluding hydrogens is 338 g/mol. The zero-order valence-electron chi connectivity index (χ0n) is 14.3. The van der Waals surface area contributed by atoms with Gasteiger partial charge in [-0.3, -0.25) is 0 Å². The number of phenolic OH excluding ortho intramolecular Hbond substituents is 1. The normalized spacial score (nSPS) is 12.4. The van der Waals surface area contributed by atoms with Crippen LogP contribution in [0.1, 0.15) is 36.6 Å². The minimum Gasteiger partial charge on any atom is -0.508 e. The van der Waals surface area contributed by atoms with Crippen molar-refractivity contribution >= 4 is 22.6 Å². The summed E-state index contributed by atoms with van der Waals surface area (Å²) in [5, 5.41) is 13.7. The van der Waals surface area contributed by atoms with Crippen LogP contribution in [0.5, 0.6) is 5.75 Å². The lowest BCUT2D eigenvalue weighted by molar-refractivity contribution is -0.707. The molecule has 3 rings (SSSR count). The van der Waals surface area contributed by atoms with Crippen LogP contribution in [-0.2, 0) is 13.0 Å². The average Bonchev–Trinajstić information content (AvgIpc) is 2.59. The molecule has 3 aromatic rings. The van der Waals surface area contributed by atoms with Gasteiger partial charge in [0.2, 0.25) is 0 Å². The van der Waals surface area contributed by atoms with Gasteiger partial charge in [-0.15, -0.1) is 0 Å². The molecule has 0 aliphatic rings. The number of aromatic hydroxyl groups is 1. The van der Waals surface area contributed by atoms with Crippen LogP contribution < -0.4 is 10.9 Å². The van der Waals surface area contributed by atoms with Gasteiger partial charge in [-0.2, -0.15) is 0 Å². The van der Waals surface area contributed by atoms with Crippen molar-refractivity contribution < 1.29 is 14.8 Å². The van der Waals surface area contributed by atoms with Crippen LogP contribution in [0.3, 0.4) is 0 Å². The maximum Gasteiger partial charge on any atom is 0.336 e. The Balaban J connectivity index is 1.93. The molecule has 0 amide bonds. The highest BCUT2D eigenvalue weighted by molar-refractivity contribution is 6.31. The summed E-state index contributed by atoms with van der Waals surface area (Å²) in [5.41, 5.74) is 2.78. The van der Waals surface area contributed by atoms with Gasteiger partial charge in [0.25, 0.3) is 0 Å². The van der Waals surface area contributed by atoms with Gasteiger partial charge in [0.15, 0.2) is 0 Å². The molecule has 0 radical (unpaired) electrons. The summed E-state index contributed by atoms with van der Waals surface area (Å²) in [6.45, 7) is 4.67. The Kier molecular flexibility index (Phi) is 5.11. The van der Waals surface area contributed by atoms with Gasteiger partial charge in [0.05, 0.1) is 0 Å². The number of benzene rings is 2. The first-order chi connectivity index (χ1) is 12.0. The van der Waals surface area contributed by atoms with Crippen molar-refractivity contribution in [2.45, 2.75) is 32.9 Å². The van der Waals surface area contributed by atoms with Crippen LogP contribution in [0, 0.1) is 0 Å². The number of nitrogens with two attached hydrogens (primary N) is 1. The number of hydrogen-bond acceptors (Lipinski definition) is 3. The van der Waals surface area contributed by atoms with Gasteiger partial charge in [0.1, 0.15) is 23.9 Å². The summed E-state index contributed by atoms with van der Waals surface area (Å²) in [7, 11) is 0. The van der Waals surface area contributed by atoms with E-state index < -0.39 is 5.63 Å². The third-order valence-electron chi connectivity index (χ3n) is 4.50. The second-order valence-corrected chi connectivity index (χ2v) is 6.58. The smallest absolute Gasteiger partial charge is 0.336 e. The summed E-state index contributed by atoms with van der Waals surface area (Å²) >= 11 is 6.27. The number of hydrogen-bond donors (Lipinski definition) is 2. The third-order valence-corrected chi connectivity index (χ3v) is 4.84. The number of fused-ring (bicyclic) bond motifs is 1. The molecule has 25 heavy (non-hydrogen) atoms. The molecule has 0 bridgehead atoms. The van der Waals surface area contributed by atoms with E-state index in [2.05, 4.69) is 12.2 Å².